The number of benzene rings is 3. The summed E-state index contributed by atoms with van der Waals surface area (Å²) < 4.78 is 6.36. The van der Waals surface area contributed by atoms with Crippen molar-refractivity contribution in [1.82, 2.24) is 9.97 Å². The molecule has 0 bridgehead atoms. The lowest BCUT2D eigenvalue weighted by Crippen LogP contribution is -2.19. The van der Waals surface area contributed by atoms with Crippen LogP contribution in [0, 0.1) is 11.5 Å². The van der Waals surface area contributed by atoms with Gasteiger partial charge in [0.1, 0.15) is 19.9 Å². The molecule has 5 aromatic rings. The zero-order valence-corrected chi connectivity index (χ0v) is 23.8. The third kappa shape index (κ3) is 6.76. The van der Waals surface area contributed by atoms with Gasteiger partial charge < -0.3 is 20.4 Å². The first-order valence-electron chi connectivity index (χ1n) is 13.2. The van der Waals surface area contributed by atoms with Crippen molar-refractivity contribution in [3.8, 4) is 22.8 Å². The van der Waals surface area contributed by atoms with E-state index in [2.05, 4.69) is 57.0 Å². The summed E-state index contributed by atoms with van der Waals surface area (Å²) in [7, 11) is -1.62. The van der Waals surface area contributed by atoms with Crippen LogP contribution >= 0.6 is 0 Å². The Morgan fingerprint density at radius 2 is 1.50 bits per heavy atom. The summed E-state index contributed by atoms with van der Waals surface area (Å²) in [6.45, 7) is 7.29. The number of nitrogens with one attached hydrogen (secondary N) is 3. The topological polar surface area (TPSA) is 92.1 Å². The number of rotatable bonds is 7. The first kappa shape index (κ1) is 26.7. The molecule has 0 aliphatic heterocycles. The average Bonchev–Trinajstić information content (AvgIpc) is 3.33. The molecule has 7 nitrogen and oxygen atoms in total. The van der Waals surface area contributed by atoms with Crippen LogP contribution in [0.15, 0.2) is 95.7 Å². The lowest BCUT2D eigenvalue weighted by Gasteiger charge is -2.09. The molecule has 0 fully saturated rings. The van der Waals surface area contributed by atoms with Crippen LogP contribution in [0.5, 0.6) is 0 Å². The molecule has 0 saturated carbocycles. The maximum absolute atomic E-state index is 12.2. The van der Waals surface area contributed by atoms with E-state index >= 15 is 0 Å². The van der Waals surface area contributed by atoms with Crippen molar-refractivity contribution in [2.24, 2.45) is 0 Å². The van der Waals surface area contributed by atoms with Crippen LogP contribution in [-0.4, -0.2) is 30.6 Å². The van der Waals surface area contributed by atoms with Crippen molar-refractivity contribution in [1.29, 1.82) is 0 Å². The summed E-state index contributed by atoms with van der Waals surface area (Å²) in [6.07, 6.45) is 2.31. The molecule has 0 spiro atoms. The molecular formula is C32H31N5O2Si. The molecule has 3 N–H and O–H groups in total. The summed E-state index contributed by atoms with van der Waals surface area (Å²) >= 11 is 0. The van der Waals surface area contributed by atoms with E-state index in [4.69, 9.17) is 4.42 Å². The molecular weight excluding hydrogens is 514 g/mol. The molecule has 0 radical (unpaired) electrons. The largest absolute Gasteiger partial charge is 0.449 e. The number of carbonyl (C=O) groups is 1. The predicted molar refractivity (Wildman–Crippen MR) is 165 cm³/mol. The minimum absolute atomic E-state index is 0.282. The van der Waals surface area contributed by atoms with E-state index in [0.29, 0.717) is 29.2 Å². The Labute approximate surface area is 235 Å². The van der Waals surface area contributed by atoms with Gasteiger partial charge >= 0.3 is 6.03 Å². The summed E-state index contributed by atoms with van der Waals surface area (Å²) in [6, 6.07) is 26.8. The summed E-state index contributed by atoms with van der Waals surface area (Å²) in [5.41, 5.74) is 9.11. The molecule has 0 aliphatic carbocycles. The highest BCUT2D eigenvalue weighted by atomic mass is 28.3. The lowest BCUT2D eigenvalue weighted by molar-refractivity contribution is 0.262. The number of fused-ring (bicyclic) bond motifs is 1. The maximum atomic E-state index is 12.2. The minimum Gasteiger partial charge on any atom is -0.449 e. The molecule has 2 amide bonds. The first-order chi connectivity index (χ1) is 19.4. The van der Waals surface area contributed by atoms with Gasteiger partial charge in [-0.15, -0.1) is 5.54 Å². The minimum atomic E-state index is -1.62. The van der Waals surface area contributed by atoms with Gasteiger partial charge in [-0.3, -0.25) is 0 Å². The third-order valence-electron chi connectivity index (χ3n) is 6.02. The van der Waals surface area contributed by atoms with Crippen LogP contribution in [0.1, 0.15) is 11.1 Å². The van der Waals surface area contributed by atoms with Gasteiger partial charge in [0.15, 0.2) is 17.2 Å². The number of hydrogen-bond acceptors (Lipinski definition) is 5. The second kappa shape index (κ2) is 11.9. The Morgan fingerprint density at radius 3 is 2.17 bits per heavy atom. The standard InChI is InChI=1S/C32H31N5O2Si/c1-40(2,3)21-19-27-28-30(39-29(27)24-10-6-4-7-11-24)31(35-22-34-28)33-20-18-23-14-16-26(17-15-23)37-32(38)36-25-12-8-5-9-13-25/h4-17,22H,18,20H2,1-3H3,(H,33,34,35)(H2,36,37,38). The van der Waals surface area contributed by atoms with E-state index in [1.165, 1.54) is 0 Å². The molecule has 3 aromatic carbocycles. The summed E-state index contributed by atoms with van der Waals surface area (Å²) in [5.74, 6) is 4.73. The second-order valence-corrected chi connectivity index (χ2v) is 15.1. The Morgan fingerprint density at radius 1 is 0.850 bits per heavy atom. The number of carbonyl (C=O) groups excluding carboxylic acids is 1. The average molecular weight is 546 g/mol. The fourth-order valence-electron chi connectivity index (χ4n) is 4.09. The molecule has 40 heavy (non-hydrogen) atoms. The molecule has 2 aromatic heterocycles. The number of urea groups is 1. The van der Waals surface area contributed by atoms with Crippen molar-refractivity contribution in [2.75, 3.05) is 22.5 Å². The van der Waals surface area contributed by atoms with Gasteiger partial charge in [0.2, 0.25) is 0 Å². The fraction of sp³-hybridized carbons (Fsp3) is 0.156. The zero-order chi connectivity index (χ0) is 28.0. The molecule has 0 saturated heterocycles. The summed E-state index contributed by atoms with van der Waals surface area (Å²) in [4.78, 5) is 21.3. The SMILES string of the molecule is C[Si](C)(C)C#Cc1c(-c2ccccc2)oc2c(NCCc3ccc(NC(=O)Nc4ccccc4)cc3)ncnc12. The molecule has 8 heteroatoms. The highest BCUT2D eigenvalue weighted by Crippen LogP contribution is 2.34. The molecule has 5 rings (SSSR count). The number of aromatic nitrogens is 2. The molecule has 2 heterocycles. The first-order valence-corrected chi connectivity index (χ1v) is 16.7. The van der Waals surface area contributed by atoms with E-state index in [0.717, 1.165) is 34.5 Å². The van der Waals surface area contributed by atoms with Gasteiger partial charge in [0.25, 0.3) is 0 Å². The van der Waals surface area contributed by atoms with Crippen molar-refractivity contribution >= 4 is 42.4 Å². The number of para-hydroxylation sites is 1. The van der Waals surface area contributed by atoms with Gasteiger partial charge in [0.05, 0.1) is 5.56 Å². The van der Waals surface area contributed by atoms with E-state index in [1.54, 1.807) is 6.33 Å². The third-order valence-corrected chi connectivity index (χ3v) is 6.89. The Bertz CT molecular complexity index is 1670. The van der Waals surface area contributed by atoms with Crippen molar-refractivity contribution in [2.45, 2.75) is 26.1 Å². The van der Waals surface area contributed by atoms with Crippen LogP contribution in [0.4, 0.5) is 22.0 Å². The molecule has 0 atom stereocenters. The predicted octanol–water partition coefficient (Wildman–Crippen LogP) is 7.42. The Balaban J connectivity index is 1.28. The van der Waals surface area contributed by atoms with Gasteiger partial charge in [-0.25, -0.2) is 14.8 Å². The second-order valence-electron chi connectivity index (χ2n) is 10.4. The van der Waals surface area contributed by atoms with E-state index < -0.39 is 8.07 Å². The molecule has 0 unspecified atom stereocenters. The maximum Gasteiger partial charge on any atom is 0.323 e. The van der Waals surface area contributed by atoms with Crippen molar-refractivity contribution < 1.29 is 9.21 Å². The van der Waals surface area contributed by atoms with E-state index in [9.17, 15) is 4.79 Å². The van der Waals surface area contributed by atoms with Crippen LogP contribution < -0.4 is 16.0 Å². The lowest BCUT2D eigenvalue weighted by atomic mass is 10.1. The van der Waals surface area contributed by atoms with Gasteiger partial charge in [-0.1, -0.05) is 86.2 Å². The zero-order valence-electron chi connectivity index (χ0n) is 22.8. The van der Waals surface area contributed by atoms with Crippen LogP contribution in [0.2, 0.25) is 19.6 Å². The monoisotopic (exact) mass is 545 g/mol. The number of anilines is 3. The quantitative estimate of drug-likeness (QED) is 0.146. The number of amides is 2. The van der Waals surface area contributed by atoms with E-state index in [-0.39, 0.29) is 6.03 Å². The Kier molecular flexibility index (Phi) is 7.94. The fourth-order valence-corrected chi connectivity index (χ4v) is 4.59. The normalized spacial score (nSPS) is 11.0. The van der Waals surface area contributed by atoms with E-state index in [1.807, 2.05) is 84.9 Å². The van der Waals surface area contributed by atoms with Gasteiger partial charge in [0, 0.05) is 23.5 Å². The highest BCUT2D eigenvalue weighted by molar-refractivity contribution is 6.83. The van der Waals surface area contributed by atoms with Crippen LogP contribution in [0.25, 0.3) is 22.4 Å². The van der Waals surface area contributed by atoms with Crippen molar-refractivity contribution in [3.05, 3.63) is 102 Å². The number of hydrogen-bond donors (Lipinski definition) is 3. The molecule has 0 aliphatic rings. The van der Waals surface area contributed by atoms with Crippen molar-refractivity contribution in [3.63, 3.8) is 0 Å². The highest BCUT2D eigenvalue weighted by Gasteiger charge is 2.20. The van der Waals surface area contributed by atoms with Crippen LogP contribution in [-0.2, 0) is 6.42 Å². The number of nitrogens with zero attached hydrogens (tertiary/aromatic N) is 2. The molecule has 200 valence electrons. The summed E-state index contributed by atoms with van der Waals surface area (Å²) in [5, 5.41) is 9.08. The number of furan rings is 1. The smallest absolute Gasteiger partial charge is 0.323 e. The van der Waals surface area contributed by atoms with Gasteiger partial charge in [-0.05, 0) is 36.2 Å². The van der Waals surface area contributed by atoms with Gasteiger partial charge in [-0.2, -0.15) is 0 Å². The Hall–Kier alpha value is -4.87. The van der Waals surface area contributed by atoms with Crippen LogP contribution in [0.3, 0.4) is 0 Å².